The largest absolute Gasteiger partial charge is 0.381 e. The number of nitrogens with zero attached hydrogens (tertiary/aromatic N) is 1. The van der Waals surface area contributed by atoms with E-state index in [1.807, 2.05) is 12.3 Å². The molecule has 2 nitrogen and oxygen atoms in total. The average molecular weight is 244 g/mol. The van der Waals surface area contributed by atoms with Gasteiger partial charge in [-0.3, -0.25) is 4.98 Å². The summed E-state index contributed by atoms with van der Waals surface area (Å²) < 4.78 is 0. The molecule has 1 fully saturated rings. The van der Waals surface area contributed by atoms with E-state index in [2.05, 4.69) is 53.3 Å². The number of hydrogen-bond acceptors (Lipinski definition) is 3. The number of pyridine rings is 1. The smallest absolute Gasteiger partial charge is 0.0722 e. The van der Waals surface area contributed by atoms with Gasteiger partial charge in [-0.25, -0.2) is 0 Å². The fraction of sp³-hybridized carbons (Fsp3) is 0.357. The highest BCUT2D eigenvalue weighted by Gasteiger charge is 2.21. The Kier molecular flexibility index (Phi) is 2.93. The number of fused-ring (bicyclic) bond motifs is 1. The van der Waals surface area contributed by atoms with E-state index in [9.17, 15) is 0 Å². The van der Waals surface area contributed by atoms with Crippen LogP contribution in [0.15, 0.2) is 36.5 Å². The maximum Gasteiger partial charge on any atom is 0.0722 e. The van der Waals surface area contributed by atoms with Crippen molar-refractivity contribution in [2.24, 2.45) is 0 Å². The van der Waals surface area contributed by atoms with Gasteiger partial charge in [0.15, 0.2) is 0 Å². The van der Waals surface area contributed by atoms with Crippen LogP contribution in [0.4, 0.5) is 5.69 Å². The molecule has 2 heterocycles. The predicted molar refractivity (Wildman–Crippen MR) is 75.7 cm³/mol. The topological polar surface area (TPSA) is 24.9 Å². The molecule has 2 aromatic rings. The van der Waals surface area contributed by atoms with Gasteiger partial charge in [-0.2, -0.15) is 11.8 Å². The van der Waals surface area contributed by atoms with Crippen LogP contribution >= 0.6 is 11.8 Å². The van der Waals surface area contributed by atoms with Gasteiger partial charge in [0, 0.05) is 34.3 Å². The molecular weight excluding hydrogens is 228 g/mol. The molecule has 1 saturated heterocycles. The van der Waals surface area contributed by atoms with E-state index >= 15 is 0 Å². The highest BCUT2D eigenvalue weighted by Crippen LogP contribution is 2.30. The maximum atomic E-state index is 4.39. The minimum absolute atomic E-state index is 0.598. The fourth-order valence-electron chi connectivity index (χ4n) is 2.37. The van der Waals surface area contributed by atoms with Crippen molar-refractivity contribution in [1.82, 2.24) is 4.98 Å². The molecule has 0 bridgehead atoms. The quantitative estimate of drug-likeness (QED) is 0.874. The first-order valence-corrected chi connectivity index (χ1v) is 7.10. The lowest BCUT2D eigenvalue weighted by Crippen LogP contribution is -2.19. The van der Waals surface area contributed by atoms with Crippen LogP contribution in [0.2, 0.25) is 0 Å². The van der Waals surface area contributed by atoms with Gasteiger partial charge in [0.2, 0.25) is 0 Å². The Morgan fingerprint density at radius 1 is 1.29 bits per heavy atom. The Balaban J connectivity index is 1.90. The SMILES string of the molecule is CC1CC(Nc2cccc3ncccc23)CS1. The van der Waals surface area contributed by atoms with E-state index in [-0.39, 0.29) is 0 Å². The van der Waals surface area contributed by atoms with Crippen LogP contribution in [0.1, 0.15) is 13.3 Å². The lowest BCUT2D eigenvalue weighted by molar-refractivity contribution is 0.748. The molecule has 3 rings (SSSR count). The molecule has 0 amide bonds. The summed E-state index contributed by atoms with van der Waals surface area (Å²) in [7, 11) is 0. The molecule has 2 unspecified atom stereocenters. The summed E-state index contributed by atoms with van der Waals surface area (Å²) in [6.45, 7) is 2.30. The number of thioether (sulfide) groups is 1. The second-order valence-electron chi connectivity index (χ2n) is 4.60. The Labute approximate surface area is 106 Å². The highest BCUT2D eigenvalue weighted by molar-refractivity contribution is 8.00. The first-order chi connectivity index (χ1) is 8.33. The van der Waals surface area contributed by atoms with Crippen LogP contribution in [0.5, 0.6) is 0 Å². The van der Waals surface area contributed by atoms with Crippen molar-refractivity contribution in [2.75, 3.05) is 11.1 Å². The molecule has 3 heteroatoms. The van der Waals surface area contributed by atoms with Crippen LogP contribution in [0.25, 0.3) is 10.9 Å². The number of rotatable bonds is 2. The van der Waals surface area contributed by atoms with Crippen LogP contribution in [-0.4, -0.2) is 22.0 Å². The highest BCUT2D eigenvalue weighted by atomic mass is 32.2. The second-order valence-corrected chi connectivity index (χ2v) is 6.07. The van der Waals surface area contributed by atoms with Crippen molar-refractivity contribution in [3.8, 4) is 0 Å². The third-order valence-corrected chi connectivity index (χ3v) is 4.56. The number of aromatic nitrogens is 1. The van der Waals surface area contributed by atoms with E-state index in [0.29, 0.717) is 6.04 Å². The third kappa shape index (κ3) is 2.25. The van der Waals surface area contributed by atoms with E-state index in [0.717, 1.165) is 10.8 Å². The van der Waals surface area contributed by atoms with Gasteiger partial charge < -0.3 is 5.32 Å². The Morgan fingerprint density at radius 2 is 2.24 bits per heavy atom. The summed E-state index contributed by atoms with van der Waals surface area (Å²) >= 11 is 2.05. The first-order valence-electron chi connectivity index (χ1n) is 6.05. The lowest BCUT2D eigenvalue weighted by atomic mass is 10.1. The minimum atomic E-state index is 0.598. The molecule has 1 N–H and O–H groups in total. The summed E-state index contributed by atoms with van der Waals surface area (Å²) in [6, 6.07) is 11.0. The number of benzene rings is 1. The van der Waals surface area contributed by atoms with Crippen LogP contribution in [0.3, 0.4) is 0 Å². The van der Waals surface area contributed by atoms with Gasteiger partial charge in [-0.05, 0) is 30.7 Å². The van der Waals surface area contributed by atoms with Gasteiger partial charge >= 0.3 is 0 Å². The van der Waals surface area contributed by atoms with Crippen molar-refractivity contribution < 1.29 is 0 Å². The van der Waals surface area contributed by atoms with Crippen LogP contribution < -0.4 is 5.32 Å². The van der Waals surface area contributed by atoms with Gasteiger partial charge in [0.25, 0.3) is 0 Å². The van der Waals surface area contributed by atoms with Crippen molar-refractivity contribution in [1.29, 1.82) is 0 Å². The molecule has 2 atom stereocenters. The molecule has 0 radical (unpaired) electrons. The molecule has 17 heavy (non-hydrogen) atoms. The molecule has 0 aliphatic carbocycles. The second kappa shape index (κ2) is 4.57. The number of nitrogens with one attached hydrogen (secondary N) is 1. The fourth-order valence-corrected chi connectivity index (χ4v) is 3.52. The normalized spacial score (nSPS) is 24.1. The van der Waals surface area contributed by atoms with E-state index < -0.39 is 0 Å². The van der Waals surface area contributed by atoms with Crippen molar-refractivity contribution >= 4 is 28.4 Å². The number of hydrogen-bond donors (Lipinski definition) is 1. The molecule has 0 saturated carbocycles. The molecule has 1 aromatic heterocycles. The Morgan fingerprint density at radius 3 is 3.06 bits per heavy atom. The molecular formula is C14H16N2S. The third-order valence-electron chi connectivity index (χ3n) is 3.20. The van der Waals surface area contributed by atoms with Crippen molar-refractivity contribution in [3.05, 3.63) is 36.5 Å². The Hall–Kier alpha value is -1.22. The molecule has 1 aliphatic heterocycles. The van der Waals surface area contributed by atoms with Gasteiger partial charge in [-0.1, -0.05) is 13.0 Å². The summed E-state index contributed by atoms with van der Waals surface area (Å²) in [5.41, 5.74) is 2.28. The average Bonchev–Trinajstić information content (AvgIpc) is 2.75. The first kappa shape index (κ1) is 10.9. The summed E-state index contributed by atoms with van der Waals surface area (Å²) in [4.78, 5) is 4.39. The number of anilines is 1. The molecule has 0 spiro atoms. The standard InChI is InChI=1S/C14H16N2S/c1-10-8-11(9-17-10)16-14-6-2-5-13-12(14)4-3-7-15-13/h2-7,10-11,16H,8-9H2,1H3. The summed E-state index contributed by atoms with van der Waals surface area (Å²) in [5, 5.41) is 5.65. The van der Waals surface area contributed by atoms with E-state index in [1.165, 1.54) is 23.2 Å². The summed E-state index contributed by atoms with van der Waals surface area (Å²) in [5.74, 6) is 1.21. The van der Waals surface area contributed by atoms with E-state index in [4.69, 9.17) is 0 Å². The van der Waals surface area contributed by atoms with Gasteiger partial charge in [-0.15, -0.1) is 0 Å². The molecule has 1 aliphatic rings. The summed E-state index contributed by atoms with van der Waals surface area (Å²) in [6.07, 6.45) is 3.10. The van der Waals surface area contributed by atoms with Crippen molar-refractivity contribution in [3.63, 3.8) is 0 Å². The van der Waals surface area contributed by atoms with Crippen LogP contribution in [0, 0.1) is 0 Å². The van der Waals surface area contributed by atoms with Crippen LogP contribution in [-0.2, 0) is 0 Å². The molecule has 88 valence electrons. The maximum absolute atomic E-state index is 4.39. The predicted octanol–water partition coefficient (Wildman–Crippen LogP) is 3.54. The minimum Gasteiger partial charge on any atom is -0.381 e. The van der Waals surface area contributed by atoms with Crippen molar-refractivity contribution in [2.45, 2.75) is 24.6 Å². The molecule has 1 aromatic carbocycles. The van der Waals surface area contributed by atoms with Gasteiger partial charge in [0.1, 0.15) is 0 Å². The zero-order valence-corrected chi connectivity index (χ0v) is 10.7. The van der Waals surface area contributed by atoms with Gasteiger partial charge in [0.05, 0.1) is 5.52 Å². The zero-order valence-electron chi connectivity index (χ0n) is 9.89. The van der Waals surface area contributed by atoms with E-state index in [1.54, 1.807) is 0 Å². The lowest BCUT2D eigenvalue weighted by Gasteiger charge is -2.15. The monoisotopic (exact) mass is 244 g/mol. The zero-order chi connectivity index (χ0) is 11.7. The Bertz CT molecular complexity index is 521.